The number of urea groups is 1. The van der Waals surface area contributed by atoms with E-state index in [0.29, 0.717) is 11.3 Å². The molecule has 0 unspecified atom stereocenters. The maximum atomic E-state index is 11.9. The van der Waals surface area contributed by atoms with Crippen LogP contribution in [0.2, 0.25) is 0 Å². The Morgan fingerprint density at radius 3 is 2.47 bits per heavy atom. The van der Waals surface area contributed by atoms with Gasteiger partial charge in [-0.15, -0.1) is 0 Å². The van der Waals surface area contributed by atoms with E-state index in [-0.39, 0.29) is 18.0 Å². The fourth-order valence-electron chi connectivity index (χ4n) is 1.51. The lowest BCUT2D eigenvalue weighted by molar-refractivity contribution is -0.136. The first-order valence-electron chi connectivity index (χ1n) is 6.23. The maximum absolute atomic E-state index is 11.9. The fourth-order valence-corrected chi connectivity index (χ4v) is 1.51. The zero-order chi connectivity index (χ0) is 14.5. The molecule has 0 aliphatic carbocycles. The van der Waals surface area contributed by atoms with Crippen molar-refractivity contribution in [3.63, 3.8) is 0 Å². The second kappa shape index (κ2) is 6.22. The van der Waals surface area contributed by atoms with Crippen molar-refractivity contribution in [2.45, 2.75) is 39.2 Å². The van der Waals surface area contributed by atoms with Crippen LogP contribution in [-0.4, -0.2) is 22.6 Å². The summed E-state index contributed by atoms with van der Waals surface area (Å²) in [6, 6.07) is 6.55. The largest absolute Gasteiger partial charge is 0.481 e. The van der Waals surface area contributed by atoms with Gasteiger partial charge in [-0.05, 0) is 31.9 Å². The minimum Gasteiger partial charge on any atom is -0.481 e. The van der Waals surface area contributed by atoms with Crippen LogP contribution in [0.1, 0.15) is 32.8 Å². The van der Waals surface area contributed by atoms with Crippen molar-refractivity contribution in [1.29, 1.82) is 0 Å². The number of aliphatic carboxylic acids is 1. The Labute approximate surface area is 113 Å². The lowest BCUT2D eigenvalue weighted by Crippen LogP contribution is -2.45. The van der Waals surface area contributed by atoms with Crippen molar-refractivity contribution in [3.8, 4) is 0 Å². The molecule has 0 saturated carbocycles. The lowest BCUT2D eigenvalue weighted by atomic mass is 10.0. The Morgan fingerprint density at radius 2 is 1.89 bits per heavy atom. The van der Waals surface area contributed by atoms with Crippen molar-refractivity contribution in [2.75, 3.05) is 5.32 Å². The molecule has 0 aromatic heterocycles. The molecule has 19 heavy (non-hydrogen) atoms. The minimum atomic E-state index is -0.927. The average molecular weight is 264 g/mol. The smallest absolute Gasteiger partial charge is 0.319 e. The molecule has 0 bridgehead atoms. The van der Waals surface area contributed by atoms with Crippen LogP contribution in [0.25, 0.3) is 0 Å². The average Bonchev–Trinajstić information content (AvgIpc) is 2.30. The third-order valence-electron chi connectivity index (χ3n) is 2.94. The van der Waals surface area contributed by atoms with Gasteiger partial charge in [0.15, 0.2) is 0 Å². The van der Waals surface area contributed by atoms with E-state index in [1.165, 1.54) is 0 Å². The number of para-hydroxylation sites is 1. The van der Waals surface area contributed by atoms with Crippen LogP contribution >= 0.6 is 0 Å². The van der Waals surface area contributed by atoms with Gasteiger partial charge in [-0.3, -0.25) is 4.79 Å². The second-order valence-electron chi connectivity index (χ2n) is 5.04. The number of rotatable bonds is 5. The van der Waals surface area contributed by atoms with Gasteiger partial charge < -0.3 is 15.7 Å². The molecular formula is C14H20N2O3. The Balaban J connectivity index is 2.76. The molecule has 5 heteroatoms. The van der Waals surface area contributed by atoms with E-state index in [1.807, 2.05) is 20.8 Å². The van der Waals surface area contributed by atoms with Gasteiger partial charge in [-0.2, -0.15) is 0 Å². The van der Waals surface area contributed by atoms with Gasteiger partial charge in [-0.1, -0.05) is 25.1 Å². The van der Waals surface area contributed by atoms with Gasteiger partial charge in [0, 0.05) is 11.2 Å². The monoisotopic (exact) mass is 264 g/mol. The van der Waals surface area contributed by atoms with Crippen LogP contribution in [0, 0.1) is 0 Å². The highest BCUT2D eigenvalue weighted by atomic mass is 16.4. The van der Waals surface area contributed by atoms with Crippen molar-refractivity contribution in [3.05, 3.63) is 29.8 Å². The molecule has 0 heterocycles. The number of benzene rings is 1. The predicted octanol–water partition coefficient (Wildman–Crippen LogP) is 2.62. The van der Waals surface area contributed by atoms with Gasteiger partial charge >= 0.3 is 12.0 Å². The summed E-state index contributed by atoms with van der Waals surface area (Å²) in [4.78, 5) is 22.6. The SMILES string of the molecule is CCC(C)(C)NC(=O)Nc1ccccc1CC(=O)O. The number of hydrogen-bond acceptors (Lipinski definition) is 2. The van der Waals surface area contributed by atoms with Crippen LogP contribution < -0.4 is 10.6 Å². The van der Waals surface area contributed by atoms with Gasteiger partial charge in [0.1, 0.15) is 0 Å². The van der Waals surface area contributed by atoms with Crippen molar-refractivity contribution in [2.24, 2.45) is 0 Å². The summed E-state index contributed by atoms with van der Waals surface area (Å²) in [5.74, 6) is -0.927. The van der Waals surface area contributed by atoms with Gasteiger partial charge in [-0.25, -0.2) is 4.79 Å². The molecule has 5 nitrogen and oxygen atoms in total. The molecule has 0 aliphatic rings. The number of carbonyl (C=O) groups excluding carboxylic acids is 1. The summed E-state index contributed by atoms with van der Waals surface area (Å²) >= 11 is 0. The summed E-state index contributed by atoms with van der Waals surface area (Å²) in [5.41, 5.74) is 0.806. The van der Waals surface area contributed by atoms with Gasteiger partial charge in [0.25, 0.3) is 0 Å². The lowest BCUT2D eigenvalue weighted by Gasteiger charge is -2.24. The molecule has 2 amide bonds. The van der Waals surface area contributed by atoms with E-state index in [4.69, 9.17) is 5.11 Å². The summed E-state index contributed by atoms with van der Waals surface area (Å²) in [7, 11) is 0. The zero-order valence-corrected chi connectivity index (χ0v) is 11.5. The maximum Gasteiger partial charge on any atom is 0.319 e. The number of amides is 2. The molecule has 0 spiro atoms. The standard InChI is InChI=1S/C14H20N2O3/c1-4-14(2,3)16-13(19)15-11-8-6-5-7-10(11)9-12(17)18/h5-8H,4,9H2,1-3H3,(H,17,18)(H2,15,16,19). The molecule has 1 aromatic carbocycles. The zero-order valence-electron chi connectivity index (χ0n) is 11.5. The third-order valence-corrected chi connectivity index (χ3v) is 2.94. The Bertz CT molecular complexity index is 470. The van der Waals surface area contributed by atoms with Crippen LogP contribution in [0.15, 0.2) is 24.3 Å². The number of carboxylic acids is 1. The quantitative estimate of drug-likeness (QED) is 0.765. The van der Waals surface area contributed by atoms with E-state index in [9.17, 15) is 9.59 Å². The van der Waals surface area contributed by atoms with Crippen molar-refractivity contribution < 1.29 is 14.7 Å². The van der Waals surface area contributed by atoms with Gasteiger partial charge in [0.05, 0.1) is 6.42 Å². The van der Waals surface area contributed by atoms with Crippen molar-refractivity contribution in [1.82, 2.24) is 5.32 Å². The number of hydrogen-bond donors (Lipinski definition) is 3. The van der Waals surface area contributed by atoms with Crippen LogP contribution in [0.3, 0.4) is 0 Å². The van der Waals surface area contributed by atoms with Crippen molar-refractivity contribution >= 4 is 17.7 Å². The molecule has 104 valence electrons. The Hall–Kier alpha value is -2.04. The summed E-state index contributed by atoms with van der Waals surface area (Å²) in [5, 5.41) is 14.4. The number of anilines is 1. The molecule has 1 aromatic rings. The normalized spacial score (nSPS) is 10.9. The Kier molecular flexibility index (Phi) is 4.92. The molecular weight excluding hydrogens is 244 g/mol. The van der Waals surface area contributed by atoms with E-state index in [1.54, 1.807) is 24.3 Å². The topological polar surface area (TPSA) is 78.4 Å². The van der Waals surface area contributed by atoms with Crippen LogP contribution in [0.5, 0.6) is 0 Å². The predicted molar refractivity (Wildman–Crippen MR) is 74.3 cm³/mol. The molecule has 0 radical (unpaired) electrons. The van der Waals surface area contributed by atoms with E-state index < -0.39 is 5.97 Å². The van der Waals surface area contributed by atoms with Crippen LogP contribution in [0.4, 0.5) is 10.5 Å². The Morgan fingerprint density at radius 1 is 1.26 bits per heavy atom. The first-order valence-corrected chi connectivity index (χ1v) is 6.23. The summed E-state index contributed by atoms with van der Waals surface area (Å²) in [6.07, 6.45) is 0.685. The highest BCUT2D eigenvalue weighted by Crippen LogP contribution is 2.16. The highest BCUT2D eigenvalue weighted by Gasteiger charge is 2.18. The number of carboxylic acid groups (broad SMARTS) is 1. The van der Waals surface area contributed by atoms with E-state index >= 15 is 0 Å². The molecule has 0 fully saturated rings. The van der Waals surface area contributed by atoms with Gasteiger partial charge in [0.2, 0.25) is 0 Å². The summed E-state index contributed by atoms with van der Waals surface area (Å²) < 4.78 is 0. The molecule has 1 rings (SSSR count). The van der Waals surface area contributed by atoms with E-state index in [2.05, 4.69) is 10.6 Å². The molecule has 0 atom stereocenters. The highest BCUT2D eigenvalue weighted by molar-refractivity contribution is 5.91. The first-order chi connectivity index (χ1) is 8.84. The number of nitrogens with one attached hydrogen (secondary N) is 2. The molecule has 0 aliphatic heterocycles. The van der Waals surface area contributed by atoms with Crippen LogP contribution in [-0.2, 0) is 11.2 Å². The van der Waals surface area contributed by atoms with E-state index in [0.717, 1.165) is 6.42 Å². The third kappa shape index (κ3) is 4.99. The first kappa shape index (κ1) is 15.0. The minimum absolute atomic E-state index is 0.117. The fraction of sp³-hybridized carbons (Fsp3) is 0.429. The second-order valence-corrected chi connectivity index (χ2v) is 5.04. The number of carbonyl (C=O) groups is 2. The summed E-state index contributed by atoms with van der Waals surface area (Å²) in [6.45, 7) is 5.84. The molecule has 3 N–H and O–H groups in total. The molecule has 0 saturated heterocycles.